The average Bonchev–Trinajstić information content (AvgIpc) is 2.84. The van der Waals surface area contributed by atoms with Gasteiger partial charge < -0.3 is 5.32 Å². The van der Waals surface area contributed by atoms with Crippen molar-refractivity contribution in [1.82, 2.24) is 20.1 Å². The predicted octanol–water partition coefficient (Wildman–Crippen LogP) is 1.67. The summed E-state index contributed by atoms with van der Waals surface area (Å²) in [7, 11) is 1.70. The summed E-state index contributed by atoms with van der Waals surface area (Å²) in [6.45, 7) is 2.67. The van der Waals surface area contributed by atoms with Crippen LogP contribution >= 0.6 is 22.9 Å². The van der Waals surface area contributed by atoms with Gasteiger partial charge in [-0.25, -0.2) is 9.89 Å². The first-order valence-corrected chi connectivity index (χ1v) is 6.36. The third-order valence-electron chi connectivity index (χ3n) is 2.51. The van der Waals surface area contributed by atoms with Crippen LogP contribution < -0.4 is 11.0 Å². The summed E-state index contributed by atoms with van der Waals surface area (Å²) in [6.07, 6.45) is 0. The van der Waals surface area contributed by atoms with Crippen molar-refractivity contribution >= 4 is 22.9 Å². The van der Waals surface area contributed by atoms with E-state index in [0.29, 0.717) is 12.4 Å². The SMILES string of the molecule is CC(NCc1ccc(Cl)s1)c1n[nH]c(=O)n1C. The van der Waals surface area contributed by atoms with E-state index in [2.05, 4.69) is 15.5 Å². The molecular weight excluding hydrogens is 260 g/mol. The van der Waals surface area contributed by atoms with Gasteiger partial charge in [0.15, 0.2) is 0 Å². The molecule has 0 amide bonds. The van der Waals surface area contributed by atoms with Gasteiger partial charge in [-0.05, 0) is 19.1 Å². The van der Waals surface area contributed by atoms with Gasteiger partial charge in [0.05, 0.1) is 10.4 Å². The van der Waals surface area contributed by atoms with Crippen LogP contribution in [0.4, 0.5) is 0 Å². The van der Waals surface area contributed by atoms with Gasteiger partial charge >= 0.3 is 5.69 Å². The topological polar surface area (TPSA) is 62.7 Å². The Hall–Kier alpha value is -1.11. The summed E-state index contributed by atoms with van der Waals surface area (Å²) >= 11 is 7.39. The number of nitrogens with one attached hydrogen (secondary N) is 2. The minimum Gasteiger partial charge on any atom is -0.303 e. The highest BCUT2D eigenvalue weighted by molar-refractivity contribution is 7.16. The Morgan fingerprint density at radius 2 is 2.41 bits per heavy atom. The van der Waals surface area contributed by atoms with Crippen LogP contribution in [0.2, 0.25) is 4.34 Å². The van der Waals surface area contributed by atoms with Crippen molar-refractivity contribution in [3.63, 3.8) is 0 Å². The van der Waals surface area contributed by atoms with E-state index in [9.17, 15) is 4.79 Å². The molecule has 2 aromatic rings. The zero-order valence-corrected chi connectivity index (χ0v) is 11.1. The number of halogens is 1. The maximum Gasteiger partial charge on any atom is 0.343 e. The number of hydrogen-bond donors (Lipinski definition) is 2. The second-order valence-electron chi connectivity index (χ2n) is 3.75. The van der Waals surface area contributed by atoms with Crippen molar-refractivity contribution in [3.8, 4) is 0 Å². The molecule has 2 aromatic heterocycles. The fourth-order valence-corrected chi connectivity index (χ4v) is 2.58. The monoisotopic (exact) mass is 272 g/mol. The van der Waals surface area contributed by atoms with Gasteiger partial charge in [-0.3, -0.25) is 4.57 Å². The molecule has 2 N–H and O–H groups in total. The highest BCUT2D eigenvalue weighted by Gasteiger charge is 2.12. The molecule has 0 aliphatic heterocycles. The number of rotatable bonds is 4. The molecule has 2 rings (SSSR count). The number of hydrogen-bond acceptors (Lipinski definition) is 4. The summed E-state index contributed by atoms with van der Waals surface area (Å²) in [5.74, 6) is 0.692. The summed E-state index contributed by atoms with van der Waals surface area (Å²) in [5.41, 5.74) is -0.201. The Labute approximate surface area is 107 Å². The van der Waals surface area contributed by atoms with Crippen molar-refractivity contribution in [2.45, 2.75) is 19.5 Å². The molecular formula is C10H13ClN4OS. The molecule has 0 fully saturated rings. The van der Waals surface area contributed by atoms with Crippen LogP contribution in [0.1, 0.15) is 23.7 Å². The quantitative estimate of drug-likeness (QED) is 0.890. The second-order valence-corrected chi connectivity index (χ2v) is 5.55. The van der Waals surface area contributed by atoms with Gasteiger partial charge in [-0.1, -0.05) is 11.6 Å². The molecule has 0 saturated carbocycles. The molecule has 92 valence electrons. The summed E-state index contributed by atoms with van der Waals surface area (Å²) in [6, 6.07) is 3.86. The summed E-state index contributed by atoms with van der Waals surface area (Å²) in [4.78, 5) is 12.4. The van der Waals surface area contributed by atoms with E-state index in [4.69, 9.17) is 11.6 Å². The highest BCUT2D eigenvalue weighted by atomic mass is 35.5. The Bertz CT molecular complexity index is 559. The molecule has 0 saturated heterocycles. The number of H-pyrrole nitrogens is 1. The minimum absolute atomic E-state index is 0.000162. The highest BCUT2D eigenvalue weighted by Crippen LogP contribution is 2.21. The van der Waals surface area contributed by atoms with E-state index in [1.165, 1.54) is 4.57 Å². The fourth-order valence-electron chi connectivity index (χ4n) is 1.54. The van der Waals surface area contributed by atoms with Gasteiger partial charge in [0.1, 0.15) is 5.82 Å². The smallest absolute Gasteiger partial charge is 0.303 e. The maximum atomic E-state index is 11.2. The lowest BCUT2D eigenvalue weighted by molar-refractivity contribution is 0.529. The van der Waals surface area contributed by atoms with E-state index < -0.39 is 0 Å². The summed E-state index contributed by atoms with van der Waals surface area (Å²) < 4.78 is 2.28. The number of thiophene rings is 1. The van der Waals surface area contributed by atoms with E-state index in [1.807, 2.05) is 19.1 Å². The van der Waals surface area contributed by atoms with Crippen molar-refractivity contribution in [1.29, 1.82) is 0 Å². The third kappa shape index (κ3) is 2.77. The maximum absolute atomic E-state index is 11.2. The Morgan fingerprint density at radius 3 is 2.94 bits per heavy atom. The lowest BCUT2D eigenvalue weighted by atomic mass is 10.3. The van der Waals surface area contributed by atoms with Crippen LogP contribution in [0.5, 0.6) is 0 Å². The lowest BCUT2D eigenvalue weighted by Crippen LogP contribution is -2.23. The van der Waals surface area contributed by atoms with Crippen LogP contribution in [-0.2, 0) is 13.6 Å². The van der Waals surface area contributed by atoms with Gasteiger partial charge in [0.2, 0.25) is 0 Å². The zero-order valence-electron chi connectivity index (χ0n) is 9.53. The molecule has 5 nitrogen and oxygen atoms in total. The molecule has 1 unspecified atom stereocenters. The molecule has 1 atom stereocenters. The Morgan fingerprint density at radius 1 is 1.65 bits per heavy atom. The molecule has 0 aliphatic carbocycles. The zero-order chi connectivity index (χ0) is 12.4. The van der Waals surface area contributed by atoms with Crippen LogP contribution in [0.15, 0.2) is 16.9 Å². The molecule has 0 bridgehead atoms. The van der Waals surface area contributed by atoms with Crippen molar-refractivity contribution < 1.29 is 0 Å². The van der Waals surface area contributed by atoms with Crippen molar-refractivity contribution in [3.05, 3.63) is 37.7 Å². The molecule has 0 aliphatic rings. The van der Waals surface area contributed by atoms with E-state index >= 15 is 0 Å². The van der Waals surface area contributed by atoms with E-state index in [1.54, 1.807) is 18.4 Å². The number of aromatic nitrogens is 3. The lowest BCUT2D eigenvalue weighted by Gasteiger charge is -2.11. The van der Waals surface area contributed by atoms with E-state index in [0.717, 1.165) is 9.21 Å². The van der Waals surface area contributed by atoms with E-state index in [-0.39, 0.29) is 11.7 Å². The number of aromatic amines is 1. The van der Waals surface area contributed by atoms with Gasteiger partial charge in [0.25, 0.3) is 0 Å². The third-order valence-corrected chi connectivity index (χ3v) is 3.74. The van der Waals surface area contributed by atoms with Crippen molar-refractivity contribution in [2.24, 2.45) is 7.05 Å². The predicted molar refractivity (Wildman–Crippen MR) is 68.4 cm³/mol. The summed E-state index contributed by atoms with van der Waals surface area (Å²) in [5, 5.41) is 9.68. The first kappa shape index (κ1) is 12.3. The normalized spacial score (nSPS) is 12.9. The van der Waals surface area contributed by atoms with Gasteiger partial charge in [-0.2, -0.15) is 5.10 Å². The molecule has 17 heavy (non-hydrogen) atoms. The second kappa shape index (κ2) is 5.03. The Balaban J connectivity index is 2.00. The molecule has 0 radical (unpaired) electrons. The van der Waals surface area contributed by atoms with Crippen LogP contribution in [-0.4, -0.2) is 14.8 Å². The van der Waals surface area contributed by atoms with Gasteiger partial charge in [-0.15, -0.1) is 11.3 Å². The number of nitrogens with zero attached hydrogens (tertiary/aromatic N) is 2. The van der Waals surface area contributed by atoms with Gasteiger partial charge in [0, 0.05) is 18.5 Å². The van der Waals surface area contributed by atoms with Crippen LogP contribution in [0.25, 0.3) is 0 Å². The molecule has 7 heteroatoms. The standard InChI is InChI=1S/C10H13ClN4OS/c1-6(9-13-14-10(16)15(9)2)12-5-7-3-4-8(11)17-7/h3-4,6,12H,5H2,1-2H3,(H,14,16). The molecule has 0 spiro atoms. The molecule has 0 aromatic carbocycles. The first-order valence-electron chi connectivity index (χ1n) is 5.17. The molecule has 2 heterocycles. The van der Waals surface area contributed by atoms with Crippen LogP contribution in [0.3, 0.4) is 0 Å². The fraction of sp³-hybridized carbons (Fsp3) is 0.400. The Kier molecular flexibility index (Phi) is 3.66. The van der Waals surface area contributed by atoms with Crippen molar-refractivity contribution in [2.75, 3.05) is 0 Å². The largest absolute Gasteiger partial charge is 0.343 e. The average molecular weight is 273 g/mol. The first-order chi connectivity index (χ1) is 8.08. The van der Waals surface area contributed by atoms with Crippen LogP contribution in [0, 0.1) is 0 Å². The minimum atomic E-state index is -0.201.